The summed E-state index contributed by atoms with van der Waals surface area (Å²) in [5.74, 6) is 1.73. The standard InChI is InChI=1S/C55H33N3O/c1-3-20-40-36(14-1)32-49(44-24-7-5-22-42(40)44)34-16-11-18-38(30-34)53-56-54(58-55(57-53)48-28-13-27-47-46-26-9-10-29-51(46)59-52(47)48)39-19-12-17-35(31-39)50-33-37-15-2-4-21-41(37)43-23-6-8-25-45(43)50/h1-33H. The molecule has 0 aliphatic carbocycles. The summed E-state index contributed by atoms with van der Waals surface area (Å²) in [6, 6.07) is 70.6. The molecule has 10 aromatic carbocycles. The first kappa shape index (κ1) is 33.2. The quantitative estimate of drug-likeness (QED) is 0.164. The number of hydrogen-bond acceptors (Lipinski definition) is 4. The van der Waals surface area contributed by atoms with Crippen molar-refractivity contribution < 1.29 is 4.42 Å². The van der Waals surface area contributed by atoms with E-state index in [1.54, 1.807) is 0 Å². The molecule has 0 saturated heterocycles. The van der Waals surface area contributed by atoms with Gasteiger partial charge in [0.1, 0.15) is 11.2 Å². The van der Waals surface area contributed by atoms with Gasteiger partial charge in [0.25, 0.3) is 0 Å². The number of aromatic nitrogens is 3. The zero-order valence-electron chi connectivity index (χ0n) is 31.8. The average Bonchev–Trinajstić information content (AvgIpc) is 3.70. The molecule has 0 amide bonds. The molecule has 4 heteroatoms. The predicted molar refractivity (Wildman–Crippen MR) is 244 cm³/mol. The van der Waals surface area contributed by atoms with Gasteiger partial charge < -0.3 is 4.42 Å². The van der Waals surface area contributed by atoms with Crippen LogP contribution in [0.5, 0.6) is 0 Å². The molecule has 59 heavy (non-hydrogen) atoms. The lowest BCUT2D eigenvalue weighted by Crippen LogP contribution is -2.00. The number of hydrogen-bond donors (Lipinski definition) is 0. The van der Waals surface area contributed by atoms with Crippen LogP contribution in [0.1, 0.15) is 0 Å². The summed E-state index contributed by atoms with van der Waals surface area (Å²) >= 11 is 0. The van der Waals surface area contributed by atoms with Crippen LogP contribution in [0.15, 0.2) is 205 Å². The zero-order chi connectivity index (χ0) is 38.9. The molecule has 0 unspecified atom stereocenters. The summed E-state index contributed by atoms with van der Waals surface area (Å²) < 4.78 is 6.53. The summed E-state index contributed by atoms with van der Waals surface area (Å²) in [5.41, 5.74) is 8.72. The van der Waals surface area contributed by atoms with Gasteiger partial charge >= 0.3 is 0 Å². The number of furan rings is 1. The van der Waals surface area contributed by atoms with E-state index in [9.17, 15) is 0 Å². The van der Waals surface area contributed by atoms with E-state index < -0.39 is 0 Å². The van der Waals surface area contributed by atoms with E-state index in [1.165, 1.54) is 43.1 Å². The van der Waals surface area contributed by atoms with Crippen LogP contribution in [0.25, 0.3) is 121 Å². The maximum Gasteiger partial charge on any atom is 0.167 e. The lowest BCUT2D eigenvalue weighted by molar-refractivity contribution is 0.669. The molecule has 4 nitrogen and oxygen atoms in total. The fourth-order valence-corrected chi connectivity index (χ4v) is 8.92. The van der Waals surface area contributed by atoms with Gasteiger partial charge in [-0.3, -0.25) is 0 Å². The maximum absolute atomic E-state index is 6.53. The molecule has 0 atom stereocenters. The second-order valence-electron chi connectivity index (χ2n) is 15.1. The normalized spacial score (nSPS) is 11.7. The molecule has 0 bridgehead atoms. The summed E-state index contributed by atoms with van der Waals surface area (Å²) in [4.78, 5) is 15.7. The molecule has 12 aromatic rings. The van der Waals surface area contributed by atoms with Gasteiger partial charge in [0.2, 0.25) is 0 Å². The first-order chi connectivity index (χ1) is 29.2. The minimum Gasteiger partial charge on any atom is -0.455 e. The molecular formula is C55H33N3O. The largest absolute Gasteiger partial charge is 0.455 e. The Labute approximate surface area is 339 Å². The molecule has 0 aliphatic heterocycles. The monoisotopic (exact) mass is 751 g/mol. The topological polar surface area (TPSA) is 51.8 Å². The van der Waals surface area contributed by atoms with E-state index >= 15 is 0 Å². The van der Waals surface area contributed by atoms with Crippen LogP contribution < -0.4 is 0 Å². The van der Waals surface area contributed by atoms with Gasteiger partial charge in [0, 0.05) is 21.9 Å². The molecule has 0 fully saturated rings. The van der Waals surface area contributed by atoms with E-state index in [1.807, 2.05) is 24.3 Å². The van der Waals surface area contributed by atoms with Gasteiger partial charge in [0.05, 0.1) is 5.56 Å². The van der Waals surface area contributed by atoms with Gasteiger partial charge in [-0.2, -0.15) is 0 Å². The van der Waals surface area contributed by atoms with Crippen molar-refractivity contribution >= 4 is 65.0 Å². The third kappa shape index (κ3) is 5.49. The summed E-state index contributed by atoms with van der Waals surface area (Å²) in [7, 11) is 0. The van der Waals surface area contributed by atoms with Crippen molar-refractivity contribution in [2.24, 2.45) is 0 Å². The molecule has 0 saturated carbocycles. The lowest BCUT2D eigenvalue weighted by Gasteiger charge is -2.14. The fourth-order valence-electron chi connectivity index (χ4n) is 8.92. The molecule has 0 spiro atoms. The summed E-state index contributed by atoms with van der Waals surface area (Å²) in [6.07, 6.45) is 0. The van der Waals surface area contributed by atoms with Gasteiger partial charge in [0.15, 0.2) is 17.5 Å². The zero-order valence-corrected chi connectivity index (χ0v) is 31.8. The van der Waals surface area contributed by atoms with Crippen molar-refractivity contribution in [2.75, 3.05) is 0 Å². The van der Waals surface area contributed by atoms with Crippen LogP contribution in [0.2, 0.25) is 0 Å². The summed E-state index contributed by atoms with van der Waals surface area (Å²) in [5, 5.41) is 11.8. The Balaban J connectivity index is 1.07. The second-order valence-corrected chi connectivity index (χ2v) is 15.1. The van der Waals surface area contributed by atoms with E-state index in [0.29, 0.717) is 17.5 Å². The van der Waals surface area contributed by atoms with Crippen LogP contribution in [-0.2, 0) is 0 Å². The Kier molecular flexibility index (Phi) is 7.50. The maximum atomic E-state index is 6.53. The Morgan fingerprint density at radius 3 is 1.27 bits per heavy atom. The van der Waals surface area contributed by atoms with Crippen molar-refractivity contribution in [1.29, 1.82) is 0 Å². The number of fused-ring (bicyclic) bond motifs is 9. The van der Waals surface area contributed by atoms with Crippen LogP contribution in [0.3, 0.4) is 0 Å². The average molecular weight is 752 g/mol. The van der Waals surface area contributed by atoms with Crippen LogP contribution in [-0.4, -0.2) is 15.0 Å². The smallest absolute Gasteiger partial charge is 0.167 e. The first-order valence-electron chi connectivity index (χ1n) is 19.9. The third-order valence-corrected chi connectivity index (χ3v) is 11.7. The Hall–Kier alpha value is -7.95. The van der Waals surface area contributed by atoms with E-state index in [2.05, 4.69) is 176 Å². The molecule has 0 radical (unpaired) electrons. The molecule has 0 N–H and O–H groups in total. The van der Waals surface area contributed by atoms with Gasteiger partial charge in [-0.1, -0.05) is 164 Å². The number of rotatable bonds is 5. The van der Waals surface area contributed by atoms with Gasteiger partial charge in [-0.05, 0) is 102 Å². The van der Waals surface area contributed by atoms with Crippen LogP contribution in [0.4, 0.5) is 0 Å². The lowest BCUT2D eigenvalue weighted by atomic mass is 9.92. The van der Waals surface area contributed by atoms with Crippen molar-refractivity contribution in [1.82, 2.24) is 15.0 Å². The highest BCUT2D eigenvalue weighted by Crippen LogP contribution is 2.40. The molecule has 2 aromatic heterocycles. The second kappa shape index (κ2) is 13.3. The van der Waals surface area contributed by atoms with Crippen LogP contribution in [0, 0.1) is 0 Å². The highest BCUT2D eigenvalue weighted by molar-refractivity contribution is 6.15. The van der Waals surface area contributed by atoms with Crippen molar-refractivity contribution in [3.05, 3.63) is 200 Å². The summed E-state index contributed by atoms with van der Waals surface area (Å²) in [6.45, 7) is 0. The number of nitrogens with zero attached hydrogens (tertiary/aromatic N) is 3. The Morgan fingerprint density at radius 2 is 0.695 bits per heavy atom. The highest BCUT2D eigenvalue weighted by Gasteiger charge is 2.19. The van der Waals surface area contributed by atoms with Gasteiger partial charge in [-0.25, -0.2) is 15.0 Å². The van der Waals surface area contributed by atoms with Crippen molar-refractivity contribution in [3.8, 4) is 56.4 Å². The van der Waals surface area contributed by atoms with Crippen molar-refractivity contribution in [3.63, 3.8) is 0 Å². The van der Waals surface area contributed by atoms with Crippen LogP contribution >= 0.6 is 0 Å². The predicted octanol–water partition coefficient (Wildman–Crippen LogP) is 14.7. The molecule has 2 heterocycles. The number of benzene rings is 10. The SMILES string of the molecule is c1cc(-c2nc(-c3cccc(-c4cc5ccccc5c5ccccc45)c3)nc(-c3cccc4c3oc3ccccc34)n2)cc(-c2cc3ccccc3c3ccccc23)c1. The first-order valence-corrected chi connectivity index (χ1v) is 19.9. The Morgan fingerprint density at radius 1 is 0.271 bits per heavy atom. The van der Waals surface area contributed by atoms with E-state index in [-0.39, 0.29) is 0 Å². The highest BCUT2D eigenvalue weighted by atomic mass is 16.3. The minimum absolute atomic E-state index is 0.553. The van der Waals surface area contributed by atoms with Gasteiger partial charge in [-0.15, -0.1) is 0 Å². The Bertz CT molecular complexity index is 3460. The third-order valence-electron chi connectivity index (χ3n) is 11.7. The molecule has 12 rings (SSSR count). The van der Waals surface area contributed by atoms with E-state index in [0.717, 1.165) is 60.9 Å². The fraction of sp³-hybridized carbons (Fsp3) is 0. The van der Waals surface area contributed by atoms with E-state index in [4.69, 9.17) is 19.4 Å². The number of para-hydroxylation sites is 2. The molecule has 0 aliphatic rings. The van der Waals surface area contributed by atoms with Crippen molar-refractivity contribution in [2.45, 2.75) is 0 Å². The molecular weight excluding hydrogens is 719 g/mol. The molecule has 274 valence electrons. The minimum atomic E-state index is 0.553.